The first kappa shape index (κ1) is 12.7. The van der Waals surface area contributed by atoms with E-state index in [4.69, 9.17) is 4.74 Å². The summed E-state index contributed by atoms with van der Waals surface area (Å²) in [5.41, 5.74) is 1.22. The van der Waals surface area contributed by atoms with Crippen LogP contribution in [0.5, 0.6) is 5.75 Å². The monoisotopic (exact) mass is 249 g/mol. The van der Waals surface area contributed by atoms with Crippen molar-refractivity contribution in [1.29, 1.82) is 0 Å². The van der Waals surface area contributed by atoms with Crippen LogP contribution in [0.25, 0.3) is 0 Å². The highest BCUT2D eigenvalue weighted by atomic mass is 16.5. The number of hydrogen-bond acceptors (Lipinski definition) is 3. The second kappa shape index (κ2) is 4.52. The molecule has 0 amide bonds. The molecule has 0 aromatic heterocycles. The van der Waals surface area contributed by atoms with Crippen LogP contribution in [-0.2, 0) is 11.2 Å². The van der Waals surface area contributed by atoms with Gasteiger partial charge in [-0.15, -0.1) is 0 Å². The second-order valence-electron chi connectivity index (χ2n) is 5.40. The van der Waals surface area contributed by atoms with E-state index in [-0.39, 0.29) is 0 Å². The molecule has 2 rings (SSSR count). The van der Waals surface area contributed by atoms with Crippen LogP contribution < -0.4 is 9.64 Å². The maximum Gasteiger partial charge on any atom is 0.309 e. The van der Waals surface area contributed by atoms with Crippen molar-refractivity contribution < 1.29 is 14.6 Å². The molecular weight excluding hydrogens is 230 g/mol. The van der Waals surface area contributed by atoms with Crippen LogP contribution in [0, 0.1) is 5.41 Å². The van der Waals surface area contributed by atoms with E-state index in [1.807, 2.05) is 25.2 Å². The molecule has 0 atom stereocenters. The summed E-state index contributed by atoms with van der Waals surface area (Å²) >= 11 is 0. The first-order chi connectivity index (χ1) is 8.42. The quantitative estimate of drug-likeness (QED) is 0.892. The molecule has 4 nitrogen and oxygen atoms in total. The highest BCUT2D eigenvalue weighted by Crippen LogP contribution is 2.37. The van der Waals surface area contributed by atoms with E-state index < -0.39 is 11.4 Å². The summed E-state index contributed by atoms with van der Waals surface area (Å²) in [7, 11) is 2.02. The Balaban J connectivity index is 2.35. The minimum Gasteiger partial charge on any atom is -0.489 e. The molecule has 0 saturated carbocycles. The highest BCUT2D eigenvalue weighted by Gasteiger charge is 2.30. The number of carboxylic acids is 1. The molecule has 1 N–H and O–H groups in total. The number of carboxylic acid groups (broad SMARTS) is 1. The van der Waals surface area contributed by atoms with Crippen molar-refractivity contribution in [1.82, 2.24) is 0 Å². The third-order valence-corrected chi connectivity index (χ3v) is 3.37. The summed E-state index contributed by atoms with van der Waals surface area (Å²) in [4.78, 5) is 13.3. The number of likely N-dealkylation sites (N-methyl/N-ethyl adjacent to an activating group) is 1. The van der Waals surface area contributed by atoms with Crippen molar-refractivity contribution in [2.75, 3.05) is 25.1 Å². The van der Waals surface area contributed by atoms with E-state index in [1.165, 1.54) is 0 Å². The van der Waals surface area contributed by atoms with Crippen molar-refractivity contribution >= 4 is 11.7 Å². The Hall–Kier alpha value is -1.71. The summed E-state index contributed by atoms with van der Waals surface area (Å²) in [6.07, 6.45) is 0.472. The third kappa shape index (κ3) is 2.28. The fraction of sp³-hybridized carbons (Fsp3) is 0.500. The smallest absolute Gasteiger partial charge is 0.309 e. The van der Waals surface area contributed by atoms with Crippen molar-refractivity contribution in [3.63, 3.8) is 0 Å². The lowest BCUT2D eigenvalue weighted by molar-refractivity contribution is -0.146. The normalized spacial score (nSPS) is 14.9. The van der Waals surface area contributed by atoms with E-state index in [0.717, 1.165) is 23.5 Å². The Morgan fingerprint density at radius 3 is 2.89 bits per heavy atom. The topological polar surface area (TPSA) is 49.8 Å². The molecule has 0 radical (unpaired) electrons. The Bertz CT molecular complexity index is 468. The van der Waals surface area contributed by atoms with Crippen LogP contribution in [0.1, 0.15) is 19.4 Å². The van der Waals surface area contributed by atoms with Gasteiger partial charge in [0.2, 0.25) is 0 Å². The number of nitrogens with zero attached hydrogens (tertiary/aromatic N) is 1. The van der Waals surface area contributed by atoms with Crippen molar-refractivity contribution in [3.8, 4) is 5.75 Å². The van der Waals surface area contributed by atoms with E-state index in [9.17, 15) is 9.90 Å². The zero-order valence-corrected chi connectivity index (χ0v) is 11.1. The van der Waals surface area contributed by atoms with Crippen LogP contribution in [-0.4, -0.2) is 31.3 Å². The fourth-order valence-corrected chi connectivity index (χ4v) is 2.13. The molecule has 0 fully saturated rings. The van der Waals surface area contributed by atoms with Gasteiger partial charge in [-0.2, -0.15) is 0 Å². The van der Waals surface area contributed by atoms with Gasteiger partial charge in [0, 0.05) is 7.05 Å². The van der Waals surface area contributed by atoms with Crippen LogP contribution in [0.2, 0.25) is 0 Å². The first-order valence-electron chi connectivity index (χ1n) is 6.11. The van der Waals surface area contributed by atoms with E-state index in [0.29, 0.717) is 13.0 Å². The number of ether oxygens (including phenoxy) is 1. The van der Waals surface area contributed by atoms with Gasteiger partial charge in [-0.25, -0.2) is 0 Å². The van der Waals surface area contributed by atoms with Crippen LogP contribution >= 0.6 is 0 Å². The maximum atomic E-state index is 11.2. The Labute approximate surface area is 107 Å². The number of hydrogen-bond donors (Lipinski definition) is 1. The third-order valence-electron chi connectivity index (χ3n) is 3.37. The lowest BCUT2D eigenvalue weighted by Crippen LogP contribution is -2.31. The molecule has 1 aromatic rings. The number of rotatable bonds is 3. The molecule has 0 bridgehead atoms. The number of aliphatic carboxylic acids is 1. The molecule has 18 heavy (non-hydrogen) atoms. The molecule has 0 spiro atoms. The van der Waals surface area contributed by atoms with Gasteiger partial charge in [0.05, 0.1) is 17.6 Å². The fourth-order valence-electron chi connectivity index (χ4n) is 2.13. The van der Waals surface area contributed by atoms with Gasteiger partial charge in [0.1, 0.15) is 12.4 Å². The average Bonchev–Trinajstić information content (AvgIpc) is 2.30. The highest BCUT2D eigenvalue weighted by molar-refractivity contribution is 5.74. The predicted molar refractivity (Wildman–Crippen MR) is 70.3 cm³/mol. The van der Waals surface area contributed by atoms with Crippen LogP contribution in [0.4, 0.5) is 5.69 Å². The number of para-hydroxylation sites is 1. The standard InChI is InChI=1S/C14H19NO3/c1-14(2,13(16)17)9-10-5-4-6-11-12(10)18-8-7-15(11)3/h4-6H,7-9H2,1-3H3,(H,16,17). The number of anilines is 1. The van der Waals surface area contributed by atoms with Gasteiger partial charge in [0.15, 0.2) is 0 Å². The van der Waals surface area contributed by atoms with Gasteiger partial charge in [0.25, 0.3) is 0 Å². The summed E-state index contributed by atoms with van der Waals surface area (Å²) in [5.74, 6) is 0.0462. The van der Waals surface area contributed by atoms with E-state index in [2.05, 4.69) is 4.90 Å². The van der Waals surface area contributed by atoms with Gasteiger partial charge >= 0.3 is 5.97 Å². The number of benzene rings is 1. The molecule has 1 aliphatic heterocycles. The summed E-state index contributed by atoms with van der Waals surface area (Å²) in [5, 5.41) is 9.21. The Morgan fingerprint density at radius 2 is 2.22 bits per heavy atom. The van der Waals surface area contributed by atoms with E-state index >= 15 is 0 Å². The van der Waals surface area contributed by atoms with Gasteiger partial charge in [-0.05, 0) is 31.9 Å². The van der Waals surface area contributed by atoms with Gasteiger partial charge in [-0.1, -0.05) is 12.1 Å². The molecule has 1 heterocycles. The zero-order chi connectivity index (χ0) is 13.3. The summed E-state index contributed by atoms with van der Waals surface area (Å²) < 4.78 is 5.72. The minimum atomic E-state index is -0.788. The van der Waals surface area contributed by atoms with E-state index in [1.54, 1.807) is 13.8 Å². The Kier molecular flexibility index (Phi) is 3.20. The average molecular weight is 249 g/mol. The van der Waals surface area contributed by atoms with Crippen LogP contribution in [0.15, 0.2) is 18.2 Å². The molecule has 1 aromatic carbocycles. The van der Waals surface area contributed by atoms with Crippen molar-refractivity contribution in [2.24, 2.45) is 5.41 Å². The maximum absolute atomic E-state index is 11.2. The summed E-state index contributed by atoms with van der Waals surface area (Å²) in [6.45, 7) is 4.98. The first-order valence-corrected chi connectivity index (χ1v) is 6.11. The molecular formula is C14H19NO3. The molecule has 4 heteroatoms. The number of carbonyl (C=O) groups is 1. The SMILES string of the molecule is CN1CCOc2c(CC(C)(C)C(=O)O)cccc21. The minimum absolute atomic E-state index is 0.472. The van der Waals surface area contributed by atoms with Crippen LogP contribution in [0.3, 0.4) is 0 Å². The Morgan fingerprint density at radius 1 is 1.50 bits per heavy atom. The second-order valence-corrected chi connectivity index (χ2v) is 5.40. The predicted octanol–water partition coefficient (Wildman–Crippen LogP) is 2.17. The molecule has 0 saturated heterocycles. The van der Waals surface area contributed by atoms with Gasteiger partial charge in [-0.3, -0.25) is 4.79 Å². The zero-order valence-electron chi connectivity index (χ0n) is 11.1. The largest absolute Gasteiger partial charge is 0.489 e. The molecule has 1 aliphatic rings. The number of fused-ring (bicyclic) bond motifs is 1. The summed E-state index contributed by atoms with van der Waals surface area (Å²) in [6, 6.07) is 5.91. The molecule has 0 unspecified atom stereocenters. The van der Waals surface area contributed by atoms with Crippen molar-refractivity contribution in [2.45, 2.75) is 20.3 Å². The molecule has 98 valence electrons. The lowest BCUT2D eigenvalue weighted by Gasteiger charge is -2.30. The molecule has 0 aliphatic carbocycles. The van der Waals surface area contributed by atoms with Crippen molar-refractivity contribution in [3.05, 3.63) is 23.8 Å². The van der Waals surface area contributed by atoms with Gasteiger partial charge < -0.3 is 14.7 Å². The lowest BCUT2D eigenvalue weighted by atomic mass is 9.85.